The van der Waals surface area contributed by atoms with Gasteiger partial charge in [0, 0.05) is 18.1 Å². The van der Waals surface area contributed by atoms with Crippen LogP contribution in [0.3, 0.4) is 0 Å². The molecule has 0 aliphatic heterocycles. The number of unbranched alkanes of at least 4 members (excludes halogenated alkanes) is 8. The molecule has 2 rings (SSSR count). The number of rotatable bonds is 11. The lowest BCUT2D eigenvalue weighted by Crippen LogP contribution is -2.12. The van der Waals surface area contributed by atoms with E-state index in [1.165, 1.54) is 32.1 Å². The number of aliphatic hydroxyl groups excluding tert-OH is 1. The summed E-state index contributed by atoms with van der Waals surface area (Å²) >= 11 is 0. The second-order valence-electron chi connectivity index (χ2n) is 6.48. The van der Waals surface area contributed by atoms with E-state index in [0.29, 0.717) is 23.2 Å². The molecule has 0 fully saturated rings. The molecule has 2 aromatic rings. The number of benzene rings is 1. The van der Waals surface area contributed by atoms with Crippen LogP contribution in [0.5, 0.6) is 0 Å². The largest absolute Gasteiger partial charge is 0.428 e. The normalized spacial score (nSPS) is 11.2. The van der Waals surface area contributed by atoms with Gasteiger partial charge < -0.3 is 10.3 Å². The molecule has 0 aliphatic carbocycles. The summed E-state index contributed by atoms with van der Waals surface area (Å²) in [6.07, 6.45) is 11.1. The van der Waals surface area contributed by atoms with Gasteiger partial charge in [-0.05, 0) is 31.4 Å². The number of nitrogens with zero attached hydrogens (tertiary/aromatic N) is 1. The molecule has 1 aromatic carbocycles. The SMILES string of the molecule is O=c1cc(CCCCCCCCCCCO)n(O)c2ccccc12. The maximum absolute atomic E-state index is 12.1. The van der Waals surface area contributed by atoms with Crippen molar-refractivity contribution in [3.05, 3.63) is 46.2 Å². The first-order valence-electron chi connectivity index (χ1n) is 9.18. The van der Waals surface area contributed by atoms with E-state index in [9.17, 15) is 10.0 Å². The van der Waals surface area contributed by atoms with E-state index in [0.717, 1.165) is 36.8 Å². The van der Waals surface area contributed by atoms with E-state index in [-0.39, 0.29) is 5.43 Å². The molecule has 132 valence electrons. The van der Waals surface area contributed by atoms with Crippen LogP contribution in [-0.4, -0.2) is 21.7 Å². The minimum Gasteiger partial charge on any atom is -0.428 e. The first kappa shape index (κ1) is 18.5. The van der Waals surface area contributed by atoms with Gasteiger partial charge in [0.15, 0.2) is 5.43 Å². The van der Waals surface area contributed by atoms with Crippen molar-refractivity contribution in [3.63, 3.8) is 0 Å². The summed E-state index contributed by atoms with van der Waals surface area (Å²) in [4.78, 5) is 12.1. The highest BCUT2D eigenvalue weighted by molar-refractivity contribution is 5.78. The van der Waals surface area contributed by atoms with Gasteiger partial charge in [-0.1, -0.05) is 57.1 Å². The molecule has 0 amide bonds. The van der Waals surface area contributed by atoms with E-state index in [2.05, 4.69) is 0 Å². The van der Waals surface area contributed by atoms with Crippen molar-refractivity contribution in [3.8, 4) is 0 Å². The predicted octanol–water partition coefficient (Wildman–Crippen LogP) is 4.28. The number of aromatic nitrogens is 1. The van der Waals surface area contributed by atoms with Gasteiger partial charge >= 0.3 is 0 Å². The number of pyridine rings is 1. The van der Waals surface area contributed by atoms with E-state index in [1.807, 2.05) is 12.1 Å². The van der Waals surface area contributed by atoms with Crippen molar-refractivity contribution in [2.24, 2.45) is 0 Å². The molecule has 4 heteroatoms. The number of aryl methyl sites for hydroxylation is 1. The van der Waals surface area contributed by atoms with Crippen LogP contribution in [0.1, 0.15) is 63.5 Å². The topological polar surface area (TPSA) is 62.5 Å². The highest BCUT2D eigenvalue weighted by Gasteiger charge is 2.07. The Morgan fingerprint density at radius 1 is 0.833 bits per heavy atom. The Kier molecular flexibility index (Phi) is 7.83. The molecule has 4 nitrogen and oxygen atoms in total. The van der Waals surface area contributed by atoms with Crippen molar-refractivity contribution in [2.75, 3.05) is 6.61 Å². The van der Waals surface area contributed by atoms with Crippen molar-refractivity contribution in [1.82, 2.24) is 4.73 Å². The van der Waals surface area contributed by atoms with Gasteiger partial charge in [-0.25, -0.2) is 0 Å². The third kappa shape index (κ3) is 5.38. The maximum atomic E-state index is 12.1. The maximum Gasteiger partial charge on any atom is 0.189 e. The Bertz CT molecular complexity index is 678. The van der Waals surface area contributed by atoms with Gasteiger partial charge in [-0.3, -0.25) is 4.79 Å². The second-order valence-corrected chi connectivity index (χ2v) is 6.48. The summed E-state index contributed by atoms with van der Waals surface area (Å²) < 4.78 is 1.16. The van der Waals surface area contributed by atoms with Crippen LogP contribution in [0.15, 0.2) is 35.1 Å². The minimum absolute atomic E-state index is 0.0196. The van der Waals surface area contributed by atoms with Crippen LogP contribution in [0.4, 0.5) is 0 Å². The van der Waals surface area contributed by atoms with Gasteiger partial charge in [0.1, 0.15) is 0 Å². The molecule has 1 aromatic heterocycles. The van der Waals surface area contributed by atoms with Crippen LogP contribution in [0.2, 0.25) is 0 Å². The number of para-hydroxylation sites is 1. The van der Waals surface area contributed by atoms with Crippen LogP contribution in [0.25, 0.3) is 10.9 Å². The lowest BCUT2D eigenvalue weighted by Gasteiger charge is -2.10. The van der Waals surface area contributed by atoms with Crippen molar-refractivity contribution < 1.29 is 10.3 Å². The Hall–Kier alpha value is -1.81. The summed E-state index contributed by atoms with van der Waals surface area (Å²) in [6.45, 7) is 0.310. The Balaban J connectivity index is 1.71. The van der Waals surface area contributed by atoms with Crippen LogP contribution < -0.4 is 5.43 Å². The summed E-state index contributed by atoms with van der Waals surface area (Å²) in [5.41, 5.74) is 1.26. The number of hydrogen-bond acceptors (Lipinski definition) is 3. The monoisotopic (exact) mass is 331 g/mol. The average Bonchev–Trinajstić information content (AvgIpc) is 2.60. The fourth-order valence-corrected chi connectivity index (χ4v) is 3.15. The fourth-order valence-electron chi connectivity index (χ4n) is 3.15. The Morgan fingerprint density at radius 2 is 1.42 bits per heavy atom. The smallest absolute Gasteiger partial charge is 0.189 e. The van der Waals surface area contributed by atoms with Gasteiger partial charge in [0.25, 0.3) is 0 Å². The van der Waals surface area contributed by atoms with Crippen LogP contribution >= 0.6 is 0 Å². The lowest BCUT2D eigenvalue weighted by molar-refractivity contribution is 0.187. The highest BCUT2D eigenvalue weighted by Crippen LogP contribution is 2.14. The molecular weight excluding hydrogens is 302 g/mol. The quantitative estimate of drug-likeness (QED) is 0.477. The van der Waals surface area contributed by atoms with E-state index >= 15 is 0 Å². The van der Waals surface area contributed by atoms with Gasteiger partial charge in [-0.15, -0.1) is 0 Å². The van der Waals surface area contributed by atoms with Gasteiger partial charge in [-0.2, -0.15) is 4.73 Å². The molecule has 2 N–H and O–H groups in total. The fraction of sp³-hybridized carbons (Fsp3) is 0.550. The predicted molar refractivity (Wildman–Crippen MR) is 97.7 cm³/mol. The van der Waals surface area contributed by atoms with E-state index < -0.39 is 0 Å². The molecule has 0 spiro atoms. The standard InChI is InChI=1S/C20H29NO3/c22-15-11-7-5-3-1-2-4-6-8-12-17-16-20(23)18-13-9-10-14-19(18)21(17)24/h9-10,13-14,16,22,24H,1-8,11-12,15H2. The zero-order chi connectivity index (χ0) is 17.2. The zero-order valence-electron chi connectivity index (χ0n) is 14.4. The van der Waals surface area contributed by atoms with Crippen molar-refractivity contribution in [2.45, 2.75) is 64.2 Å². The van der Waals surface area contributed by atoms with Crippen molar-refractivity contribution in [1.29, 1.82) is 0 Å². The molecular formula is C20H29NO3. The second kappa shape index (κ2) is 10.1. The molecule has 0 unspecified atom stereocenters. The van der Waals surface area contributed by atoms with Crippen molar-refractivity contribution >= 4 is 10.9 Å². The molecule has 0 radical (unpaired) electrons. The third-order valence-electron chi connectivity index (χ3n) is 4.56. The number of fused-ring (bicyclic) bond motifs is 1. The summed E-state index contributed by atoms with van der Waals surface area (Å²) in [7, 11) is 0. The molecule has 24 heavy (non-hydrogen) atoms. The highest BCUT2D eigenvalue weighted by atomic mass is 16.5. The average molecular weight is 331 g/mol. The molecule has 0 atom stereocenters. The molecule has 0 aliphatic rings. The molecule has 0 saturated carbocycles. The Morgan fingerprint density at radius 3 is 2.08 bits per heavy atom. The number of aliphatic hydroxyl groups is 1. The molecule has 1 heterocycles. The van der Waals surface area contributed by atoms with Gasteiger partial charge in [0.05, 0.1) is 11.2 Å². The summed E-state index contributed by atoms with van der Waals surface area (Å²) in [5.74, 6) is 0. The van der Waals surface area contributed by atoms with E-state index in [4.69, 9.17) is 5.11 Å². The minimum atomic E-state index is -0.0196. The van der Waals surface area contributed by atoms with Crippen LogP contribution in [-0.2, 0) is 6.42 Å². The first-order chi connectivity index (χ1) is 11.7. The van der Waals surface area contributed by atoms with Gasteiger partial charge in [0.2, 0.25) is 0 Å². The summed E-state index contributed by atoms with van der Waals surface area (Å²) in [6, 6.07) is 8.72. The molecule has 0 saturated heterocycles. The zero-order valence-corrected chi connectivity index (χ0v) is 14.4. The third-order valence-corrected chi connectivity index (χ3v) is 4.56. The summed E-state index contributed by atoms with van der Waals surface area (Å²) in [5, 5.41) is 19.6. The first-order valence-corrected chi connectivity index (χ1v) is 9.18. The molecule has 0 bridgehead atoms. The Labute approximate surface area is 143 Å². The number of hydrogen-bond donors (Lipinski definition) is 2. The lowest BCUT2D eigenvalue weighted by atomic mass is 10.1. The van der Waals surface area contributed by atoms with E-state index in [1.54, 1.807) is 18.2 Å². The van der Waals surface area contributed by atoms with Crippen LogP contribution in [0, 0.1) is 0 Å².